The Morgan fingerprint density at radius 1 is 0.512 bits per heavy atom. The Kier molecular flexibility index (Phi) is 20.6. The number of rotatable bonds is 18. The van der Waals surface area contributed by atoms with Crippen LogP contribution >= 0.6 is 0 Å². The van der Waals surface area contributed by atoms with Gasteiger partial charge >= 0.3 is 0 Å². The van der Waals surface area contributed by atoms with E-state index in [9.17, 15) is 86.8 Å². The second kappa shape index (κ2) is 26.2. The molecule has 6 aliphatic heterocycles. The van der Waals surface area contributed by atoms with Gasteiger partial charge in [-0.15, -0.1) is 0 Å². The fourth-order valence-corrected chi connectivity index (χ4v) is 16.8. The molecule has 84 heavy (non-hydrogen) atoms. The maximum absolute atomic E-state index is 12.1. The molecule has 10 fully saturated rings. The molecular formula is C56H94O28. The van der Waals surface area contributed by atoms with Crippen molar-refractivity contribution < 1.29 is 139 Å². The Bertz CT molecular complexity index is 2140. The van der Waals surface area contributed by atoms with E-state index in [0.717, 1.165) is 38.5 Å². The van der Waals surface area contributed by atoms with Crippen LogP contribution in [-0.2, 0) is 52.1 Å². The van der Waals surface area contributed by atoms with Crippen LogP contribution in [0.15, 0.2) is 0 Å². The molecule has 0 aromatic carbocycles. The Morgan fingerprint density at radius 2 is 1.06 bits per heavy atom. The quantitative estimate of drug-likeness (QED) is 0.0569. The summed E-state index contributed by atoms with van der Waals surface area (Å²) in [5, 5.41) is 182. The van der Waals surface area contributed by atoms with Gasteiger partial charge in [-0.3, -0.25) is 0 Å². The Labute approximate surface area is 487 Å². The highest BCUT2D eigenvalue weighted by Gasteiger charge is 2.69. The molecule has 6 heterocycles. The normalized spacial score (nSPS) is 55.4. The van der Waals surface area contributed by atoms with Crippen molar-refractivity contribution in [2.75, 3.05) is 39.6 Å². The van der Waals surface area contributed by atoms with E-state index in [1.807, 2.05) is 6.92 Å². The number of ether oxygens (including phenoxy) is 11. The molecule has 4 saturated carbocycles. The second-order valence-electron chi connectivity index (χ2n) is 26.6. The molecule has 0 amide bonds. The first-order valence-electron chi connectivity index (χ1n) is 30.3. The van der Waals surface area contributed by atoms with Gasteiger partial charge in [-0.2, -0.15) is 0 Å². The Hall–Kier alpha value is -1.12. The zero-order valence-electron chi connectivity index (χ0n) is 48.0. The van der Waals surface area contributed by atoms with E-state index in [2.05, 4.69) is 20.8 Å². The van der Waals surface area contributed by atoms with Gasteiger partial charge in [0, 0.05) is 12.3 Å². The van der Waals surface area contributed by atoms with Gasteiger partial charge in [0.2, 0.25) is 0 Å². The van der Waals surface area contributed by atoms with Crippen LogP contribution in [0, 0.1) is 52.3 Å². The number of aliphatic hydroxyl groups excluding tert-OH is 16. The molecule has 10 aliphatic rings. The first-order chi connectivity index (χ1) is 39.8. The molecule has 36 atom stereocenters. The molecule has 486 valence electrons. The summed E-state index contributed by atoms with van der Waals surface area (Å²) in [6.45, 7) is 5.31. The van der Waals surface area contributed by atoms with E-state index in [4.69, 9.17) is 52.1 Å². The standard InChI is InChI=1S/C56H94O28/c1-21(19-74-49-43(70)39(66)36(63)30(15-57)77-49)7-12-56(73)22(2)34-29(84-56)14-27-25-6-5-23-13-24(8-10-54(23,3)26(25)9-11-55(27,34)4)76-51-45(72)41(68)46(33(18-60)80-51)81-53-48(83-52-44(71)40(67)37(64)31(16-58)78-52)47(38(65)32(17-59)79-53)82-50-42(69)35(62)28(61)20-75-50/h21-53,57-73H,5-20H2,1-4H3/t21-,22+,23+,24+,25-,26+,27+,28?,29?,30?,31?,32?,33?,34?,35?,36?,37?,38?,39?,40?,41?,42?,43?,44?,45?,46?,47?,48?,49?,50?,51?,52?,53?,54+,55+,56-/m1/s1. The molecule has 10 rings (SSSR count). The van der Waals surface area contributed by atoms with Gasteiger partial charge in [-0.05, 0) is 104 Å². The van der Waals surface area contributed by atoms with Crippen LogP contribution in [0.5, 0.6) is 0 Å². The van der Waals surface area contributed by atoms with Gasteiger partial charge in [0.25, 0.3) is 0 Å². The van der Waals surface area contributed by atoms with Crippen LogP contribution in [-0.4, -0.2) is 292 Å². The molecule has 0 aromatic rings. The minimum Gasteiger partial charge on any atom is -0.394 e. The van der Waals surface area contributed by atoms with Crippen LogP contribution < -0.4 is 0 Å². The van der Waals surface area contributed by atoms with Gasteiger partial charge in [0.15, 0.2) is 37.2 Å². The van der Waals surface area contributed by atoms with E-state index in [1.165, 1.54) is 0 Å². The maximum atomic E-state index is 12.1. The van der Waals surface area contributed by atoms with E-state index < -0.39 is 192 Å². The summed E-state index contributed by atoms with van der Waals surface area (Å²) < 4.78 is 65.9. The monoisotopic (exact) mass is 1210 g/mol. The number of fused-ring (bicyclic) bond motifs is 7. The highest BCUT2D eigenvalue weighted by Crippen LogP contribution is 2.71. The number of hydrogen-bond acceptors (Lipinski definition) is 28. The predicted octanol–water partition coefficient (Wildman–Crippen LogP) is -5.49. The topological polar surface area (TPSA) is 445 Å². The third-order valence-electron chi connectivity index (χ3n) is 21.8. The molecule has 0 bridgehead atoms. The summed E-state index contributed by atoms with van der Waals surface area (Å²) in [6, 6.07) is 0. The van der Waals surface area contributed by atoms with Crippen LogP contribution in [0.1, 0.15) is 91.9 Å². The summed E-state index contributed by atoms with van der Waals surface area (Å²) in [6.07, 6.45) is -33.1. The second-order valence-corrected chi connectivity index (χ2v) is 26.6. The minimum absolute atomic E-state index is 0.0288. The van der Waals surface area contributed by atoms with Gasteiger partial charge in [-0.1, -0.05) is 27.7 Å². The van der Waals surface area contributed by atoms with Crippen molar-refractivity contribution in [2.24, 2.45) is 52.3 Å². The molecule has 17 N–H and O–H groups in total. The van der Waals surface area contributed by atoms with Crippen LogP contribution in [0.3, 0.4) is 0 Å². The smallest absolute Gasteiger partial charge is 0.187 e. The summed E-state index contributed by atoms with van der Waals surface area (Å²) in [4.78, 5) is 0. The lowest BCUT2D eigenvalue weighted by atomic mass is 9.44. The number of hydrogen-bond donors (Lipinski definition) is 17. The van der Waals surface area contributed by atoms with Crippen LogP contribution in [0.25, 0.3) is 0 Å². The summed E-state index contributed by atoms with van der Waals surface area (Å²) in [5.74, 6) is 0.0903. The van der Waals surface area contributed by atoms with Gasteiger partial charge in [0.1, 0.15) is 116 Å². The summed E-state index contributed by atoms with van der Waals surface area (Å²) in [5.41, 5.74) is -0.0852. The van der Waals surface area contributed by atoms with Crippen molar-refractivity contribution in [2.45, 2.75) is 257 Å². The van der Waals surface area contributed by atoms with Crippen molar-refractivity contribution >= 4 is 0 Å². The number of aliphatic hydroxyl groups is 17. The fraction of sp³-hybridized carbons (Fsp3) is 1.00. The summed E-state index contributed by atoms with van der Waals surface area (Å²) in [7, 11) is 0. The molecular weight excluding hydrogens is 1120 g/mol. The third-order valence-corrected chi connectivity index (χ3v) is 21.8. The molecule has 0 aromatic heterocycles. The lowest BCUT2D eigenvalue weighted by molar-refractivity contribution is -0.404. The molecule has 6 saturated heterocycles. The first-order valence-corrected chi connectivity index (χ1v) is 30.3. The van der Waals surface area contributed by atoms with E-state index in [0.29, 0.717) is 43.4 Å². The van der Waals surface area contributed by atoms with Crippen molar-refractivity contribution in [3.63, 3.8) is 0 Å². The average molecular weight is 1220 g/mol. The molecule has 4 aliphatic carbocycles. The van der Waals surface area contributed by atoms with Gasteiger partial charge in [0.05, 0.1) is 51.8 Å². The molecule has 0 spiro atoms. The molecule has 26 unspecified atom stereocenters. The maximum Gasteiger partial charge on any atom is 0.187 e. The zero-order valence-corrected chi connectivity index (χ0v) is 48.0. The average Bonchev–Trinajstić information content (AvgIpc) is 2.08. The third kappa shape index (κ3) is 12.1. The zero-order chi connectivity index (χ0) is 60.6. The molecule has 28 heteroatoms. The lowest BCUT2D eigenvalue weighted by Crippen LogP contribution is -2.68. The van der Waals surface area contributed by atoms with E-state index in [1.54, 1.807) is 0 Å². The minimum atomic E-state index is -2.02. The summed E-state index contributed by atoms with van der Waals surface area (Å²) >= 11 is 0. The highest BCUT2D eigenvalue weighted by atomic mass is 16.8. The predicted molar refractivity (Wildman–Crippen MR) is 278 cm³/mol. The van der Waals surface area contributed by atoms with E-state index >= 15 is 0 Å². The van der Waals surface area contributed by atoms with Crippen molar-refractivity contribution in [1.82, 2.24) is 0 Å². The molecule has 0 radical (unpaired) electrons. The largest absolute Gasteiger partial charge is 0.394 e. The highest BCUT2D eigenvalue weighted by molar-refractivity contribution is 5.15. The Morgan fingerprint density at radius 3 is 1.73 bits per heavy atom. The van der Waals surface area contributed by atoms with Crippen molar-refractivity contribution in [1.29, 1.82) is 0 Å². The van der Waals surface area contributed by atoms with E-state index in [-0.39, 0.29) is 47.2 Å². The van der Waals surface area contributed by atoms with Gasteiger partial charge < -0.3 is 139 Å². The van der Waals surface area contributed by atoms with Crippen molar-refractivity contribution in [3.05, 3.63) is 0 Å². The lowest BCUT2D eigenvalue weighted by Gasteiger charge is -2.61. The fourth-order valence-electron chi connectivity index (χ4n) is 16.8. The SMILES string of the molecule is C[C@H](CC[C@@]1(O)OC2C[C@H]3[C@@H]4CC[C@H]5C[C@@H](OC6OC(CO)C(OC7OC(CO)C(O)C(OC8OCC(O)C(O)C8O)C7OC7OC(CO)C(O)C(O)C7O)C(O)C6O)CC[C@]5(C)[C@H]4CC[C@]3(C)C2[C@@H]1C)COC1OC(CO)C(O)C(O)C1O. The van der Waals surface area contributed by atoms with Crippen LogP contribution in [0.2, 0.25) is 0 Å². The van der Waals surface area contributed by atoms with Crippen LogP contribution in [0.4, 0.5) is 0 Å². The Balaban J connectivity index is 0.759. The van der Waals surface area contributed by atoms with Crippen molar-refractivity contribution in [3.8, 4) is 0 Å². The van der Waals surface area contributed by atoms with Gasteiger partial charge in [-0.25, -0.2) is 0 Å². The molecule has 28 nitrogen and oxygen atoms in total. The first kappa shape index (κ1) is 65.8.